The van der Waals surface area contributed by atoms with Gasteiger partial charge in [-0.2, -0.15) is 26.3 Å². The topological polar surface area (TPSA) is 26.0 Å². The number of rotatable bonds is 3. The normalized spacial score (nSPS) is 14.1. The second kappa shape index (κ2) is 5.67. The van der Waals surface area contributed by atoms with E-state index in [9.17, 15) is 30.7 Å². The molecule has 1 atom stereocenters. The summed E-state index contributed by atoms with van der Waals surface area (Å²) in [6.45, 7) is 4.90. The van der Waals surface area contributed by atoms with Crippen molar-refractivity contribution in [1.29, 1.82) is 0 Å². The molecule has 0 saturated carbocycles. The Labute approximate surface area is 116 Å². The van der Waals surface area contributed by atoms with Crippen LogP contribution in [0.25, 0.3) is 0 Å². The molecule has 0 heterocycles. The lowest BCUT2D eigenvalue weighted by atomic mass is 9.93. The highest BCUT2D eigenvalue weighted by molar-refractivity contribution is 5.39. The van der Waals surface area contributed by atoms with E-state index in [2.05, 4.69) is 6.58 Å². The summed E-state index contributed by atoms with van der Waals surface area (Å²) in [5.74, 6) is -1.63. The number of halogens is 7. The predicted octanol–water partition coefficient (Wildman–Crippen LogP) is 4.83. The molecule has 0 aromatic heterocycles. The Morgan fingerprint density at radius 2 is 1.67 bits per heavy atom. The fourth-order valence-electron chi connectivity index (χ4n) is 1.87. The minimum atomic E-state index is -5.15. The van der Waals surface area contributed by atoms with Crippen LogP contribution in [0.5, 0.6) is 0 Å². The smallest absolute Gasteiger partial charge is 0.324 e. The molecule has 1 aromatic carbocycles. The molecule has 2 N–H and O–H groups in total. The van der Waals surface area contributed by atoms with E-state index >= 15 is 0 Å². The van der Waals surface area contributed by atoms with Crippen LogP contribution in [0, 0.1) is 5.82 Å². The van der Waals surface area contributed by atoms with Crippen molar-refractivity contribution >= 4 is 0 Å². The second-order valence-corrected chi connectivity index (χ2v) is 4.68. The van der Waals surface area contributed by atoms with E-state index in [4.69, 9.17) is 5.73 Å². The third-order valence-electron chi connectivity index (χ3n) is 2.70. The van der Waals surface area contributed by atoms with Gasteiger partial charge < -0.3 is 5.73 Å². The summed E-state index contributed by atoms with van der Waals surface area (Å²) in [6.07, 6.45) is -10.4. The number of alkyl halides is 6. The maximum absolute atomic E-state index is 13.8. The molecule has 0 amide bonds. The Morgan fingerprint density at radius 3 is 2.05 bits per heavy atom. The number of hydrogen-bond acceptors (Lipinski definition) is 1. The molecule has 21 heavy (non-hydrogen) atoms. The van der Waals surface area contributed by atoms with Crippen LogP contribution in [0.3, 0.4) is 0 Å². The molecular formula is C13H12F7N. The van der Waals surface area contributed by atoms with E-state index in [1.54, 1.807) is 0 Å². The molecule has 0 bridgehead atoms. The summed E-state index contributed by atoms with van der Waals surface area (Å²) in [5, 5.41) is 0. The van der Waals surface area contributed by atoms with Crippen molar-refractivity contribution in [1.82, 2.24) is 0 Å². The van der Waals surface area contributed by atoms with Crippen LogP contribution in [0.15, 0.2) is 24.3 Å². The molecule has 0 spiro atoms. The van der Waals surface area contributed by atoms with Crippen molar-refractivity contribution in [3.05, 3.63) is 46.8 Å². The molecular weight excluding hydrogens is 303 g/mol. The van der Waals surface area contributed by atoms with Gasteiger partial charge in [0.1, 0.15) is 5.82 Å². The van der Waals surface area contributed by atoms with Crippen LogP contribution in [0.4, 0.5) is 30.7 Å². The second-order valence-electron chi connectivity index (χ2n) is 4.68. The molecule has 1 nitrogen and oxygen atoms in total. The van der Waals surface area contributed by atoms with E-state index in [0.29, 0.717) is 5.57 Å². The van der Waals surface area contributed by atoms with Crippen molar-refractivity contribution in [3.63, 3.8) is 0 Å². The molecule has 0 aliphatic carbocycles. The van der Waals surface area contributed by atoms with Crippen molar-refractivity contribution in [3.8, 4) is 0 Å². The molecule has 0 saturated heterocycles. The minimum absolute atomic E-state index is 0.0167. The fraction of sp³-hybridized carbons (Fsp3) is 0.385. The maximum Gasteiger partial charge on any atom is 0.416 e. The monoisotopic (exact) mass is 315 g/mol. The van der Waals surface area contributed by atoms with Gasteiger partial charge in [0.05, 0.1) is 11.1 Å². The van der Waals surface area contributed by atoms with Crippen LogP contribution in [-0.4, -0.2) is 0 Å². The van der Waals surface area contributed by atoms with Gasteiger partial charge in [-0.25, -0.2) is 4.39 Å². The Morgan fingerprint density at radius 1 is 1.14 bits per heavy atom. The molecule has 1 rings (SSSR count). The van der Waals surface area contributed by atoms with Gasteiger partial charge in [-0.3, -0.25) is 0 Å². The Bertz CT molecular complexity index is 543. The Hall–Kier alpha value is -1.57. The standard InChI is InChI=1S/C13H12F7N/c1-6(2)3-10(21)11-8(13(18,19)20)4-7(5-9(11)14)12(15,16)17/h4-5,10H,1,3,21H2,2H3/t10-/m1/s1. The first kappa shape index (κ1) is 17.5. The van der Waals surface area contributed by atoms with E-state index in [-0.39, 0.29) is 18.6 Å². The van der Waals surface area contributed by atoms with Crippen molar-refractivity contribution in [2.75, 3.05) is 0 Å². The maximum atomic E-state index is 13.8. The average molecular weight is 315 g/mol. The van der Waals surface area contributed by atoms with Crippen LogP contribution in [0.2, 0.25) is 0 Å². The van der Waals surface area contributed by atoms with Gasteiger partial charge in [-0.15, -0.1) is 6.58 Å². The van der Waals surface area contributed by atoms with Gasteiger partial charge in [-0.1, -0.05) is 5.57 Å². The quantitative estimate of drug-likeness (QED) is 0.627. The average Bonchev–Trinajstić information content (AvgIpc) is 2.23. The van der Waals surface area contributed by atoms with Gasteiger partial charge in [0, 0.05) is 11.6 Å². The van der Waals surface area contributed by atoms with E-state index in [1.165, 1.54) is 6.92 Å². The summed E-state index contributed by atoms with van der Waals surface area (Å²) in [6, 6.07) is -1.54. The lowest BCUT2D eigenvalue weighted by Crippen LogP contribution is -2.21. The third kappa shape index (κ3) is 4.20. The van der Waals surface area contributed by atoms with E-state index < -0.39 is 40.9 Å². The SMILES string of the molecule is C=C(C)C[C@@H](N)c1c(F)cc(C(F)(F)F)cc1C(F)(F)F. The molecule has 0 radical (unpaired) electrons. The molecule has 8 heteroatoms. The molecule has 118 valence electrons. The summed E-state index contributed by atoms with van der Waals surface area (Å²) >= 11 is 0. The van der Waals surface area contributed by atoms with Gasteiger partial charge >= 0.3 is 12.4 Å². The first-order valence-electron chi connectivity index (χ1n) is 5.71. The van der Waals surface area contributed by atoms with Crippen molar-refractivity contribution in [2.45, 2.75) is 31.7 Å². The lowest BCUT2D eigenvalue weighted by Gasteiger charge is -2.21. The summed E-state index contributed by atoms with van der Waals surface area (Å²) in [4.78, 5) is 0. The molecule has 0 aliphatic heterocycles. The lowest BCUT2D eigenvalue weighted by molar-refractivity contribution is -0.144. The zero-order valence-electron chi connectivity index (χ0n) is 10.9. The number of nitrogens with two attached hydrogens (primary N) is 1. The van der Waals surface area contributed by atoms with Gasteiger partial charge in [-0.05, 0) is 25.5 Å². The van der Waals surface area contributed by atoms with Gasteiger partial charge in [0.15, 0.2) is 0 Å². The summed E-state index contributed by atoms with van der Waals surface area (Å²) < 4.78 is 89.9. The van der Waals surface area contributed by atoms with Crippen LogP contribution in [0.1, 0.15) is 36.1 Å². The van der Waals surface area contributed by atoms with Crippen LogP contribution >= 0.6 is 0 Å². The first-order chi connectivity index (χ1) is 9.34. The third-order valence-corrected chi connectivity index (χ3v) is 2.70. The van der Waals surface area contributed by atoms with Crippen LogP contribution < -0.4 is 5.73 Å². The highest BCUT2D eigenvalue weighted by Gasteiger charge is 2.40. The Balaban J connectivity index is 3.53. The highest BCUT2D eigenvalue weighted by atomic mass is 19.4. The zero-order chi connectivity index (χ0) is 16.6. The zero-order valence-corrected chi connectivity index (χ0v) is 10.9. The summed E-state index contributed by atoms with van der Waals surface area (Å²) in [7, 11) is 0. The van der Waals surface area contributed by atoms with Gasteiger partial charge in [0.25, 0.3) is 0 Å². The number of benzene rings is 1. The highest BCUT2D eigenvalue weighted by Crippen LogP contribution is 2.40. The van der Waals surface area contributed by atoms with Crippen LogP contribution in [-0.2, 0) is 12.4 Å². The van der Waals surface area contributed by atoms with Gasteiger partial charge in [0.2, 0.25) is 0 Å². The van der Waals surface area contributed by atoms with E-state index in [0.717, 1.165) is 0 Å². The van der Waals surface area contributed by atoms with Crippen molar-refractivity contribution < 1.29 is 30.7 Å². The predicted molar refractivity (Wildman–Crippen MR) is 62.8 cm³/mol. The largest absolute Gasteiger partial charge is 0.416 e. The first-order valence-corrected chi connectivity index (χ1v) is 5.71. The molecule has 1 aromatic rings. The molecule has 0 aliphatic rings. The minimum Gasteiger partial charge on any atom is -0.324 e. The molecule has 0 fully saturated rings. The number of hydrogen-bond donors (Lipinski definition) is 1. The summed E-state index contributed by atoms with van der Waals surface area (Å²) in [5.41, 5.74) is 1.44. The molecule has 0 unspecified atom stereocenters. The van der Waals surface area contributed by atoms with E-state index in [1.807, 2.05) is 0 Å². The Kier molecular flexibility index (Phi) is 4.72. The van der Waals surface area contributed by atoms with Crippen molar-refractivity contribution in [2.24, 2.45) is 5.73 Å². The fourth-order valence-corrected chi connectivity index (χ4v) is 1.87.